The largest absolute Gasteiger partial charge is 0.459 e. The number of aromatic nitrogens is 4. The fourth-order valence-corrected chi connectivity index (χ4v) is 4.25. The molecule has 0 radical (unpaired) electrons. The number of nitrogens with one attached hydrogen (secondary N) is 2. The van der Waals surface area contributed by atoms with Gasteiger partial charge in [-0.2, -0.15) is 19.6 Å². The second kappa shape index (κ2) is 10.4. The van der Waals surface area contributed by atoms with E-state index in [1.807, 2.05) is 0 Å². The molecule has 0 saturated carbocycles. The molecule has 4 N–H and O–H groups in total. The van der Waals surface area contributed by atoms with Gasteiger partial charge in [0.2, 0.25) is 5.95 Å². The highest BCUT2D eigenvalue weighted by molar-refractivity contribution is 6.30. The summed E-state index contributed by atoms with van der Waals surface area (Å²) >= 11 is 6.18. The number of halogens is 2. The molecule has 1 aromatic carbocycles. The molecule has 4 rings (SSSR count). The molecule has 9 nitrogen and oxygen atoms in total. The molecule has 11 heteroatoms. The van der Waals surface area contributed by atoms with Gasteiger partial charge < -0.3 is 21.1 Å². The number of hydrogen-bond donors (Lipinski definition) is 3. The van der Waals surface area contributed by atoms with Crippen molar-refractivity contribution in [1.82, 2.24) is 24.9 Å². The summed E-state index contributed by atoms with van der Waals surface area (Å²) in [5.41, 5.74) is 7.84. The van der Waals surface area contributed by atoms with Crippen molar-refractivity contribution in [3.05, 3.63) is 51.9 Å². The Morgan fingerprint density at radius 3 is 2.86 bits per heavy atom. The third-order valence-corrected chi connectivity index (χ3v) is 6.46. The number of anilines is 1. The van der Waals surface area contributed by atoms with Crippen LogP contribution in [0.1, 0.15) is 63.1 Å². The molecular weight excluding hydrogens is 485 g/mol. The average molecular weight is 516 g/mol. The van der Waals surface area contributed by atoms with Crippen LogP contribution in [0.4, 0.5) is 10.3 Å². The zero-order valence-corrected chi connectivity index (χ0v) is 21.6. The van der Waals surface area contributed by atoms with Crippen molar-refractivity contribution in [1.29, 1.82) is 0 Å². The Bertz CT molecular complexity index is 1300. The highest BCUT2D eigenvalue weighted by Gasteiger charge is 2.28. The number of carbonyl (C=O) groups is 1. The monoisotopic (exact) mass is 515 g/mol. The number of fused-ring (bicyclic) bond motifs is 1. The van der Waals surface area contributed by atoms with Crippen LogP contribution in [0.25, 0.3) is 11.7 Å². The van der Waals surface area contributed by atoms with E-state index in [0.29, 0.717) is 34.3 Å². The predicted octanol–water partition coefficient (Wildman–Crippen LogP) is 4.22. The number of nitrogens with zero attached hydrogens (tertiary/aromatic N) is 4. The number of ether oxygens (including phenoxy) is 1. The number of piperidine rings is 1. The number of carbonyl (C=O) groups excluding carboxylic acids is 1. The van der Waals surface area contributed by atoms with E-state index in [9.17, 15) is 9.18 Å². The summed E-state index contributed by atoms with van der Waals surface area (Å²) in [6.45, 7) is 9.40. The Morgan fingerprint density at radius 2 is 2.19 bits per heavy atom. The molecule has 1 amide bonds. The third kappa shape index (κ3) is 5.93. The summed E-state index contributed by atoms with van der Waals surface area (Å²) in [7, 11) is 0. The predicted molar refractivity (Wildman–Crippen MR) is 138 cm³/mol. The summed E-state index contributed by atoms with van der Waals surface area (Å²) in [5, 5.41) is 11.7. The van der Waals surface area contributed by atoms with E-state index < -0.39 is 11.7 Å². The summed E-state index contributed by atoms with van der Waals surface area (Å²) in [5.74, 6) is -1.58. The van der Waals surface area contributed by atoms with Crippen LogP contribution >= 0.6 is 11.6 Å². The van der Waals surface area contributed by atoms with Gasteiger partial charge in [-0.15, -0.1) is 0 Å². The lowest BCUT2D eigenvalue weighted by Crippen LogP contribution is -2.50. The first-order valence-corrected chi connectivity index (χ1v) is 12.3. The average Bonchev–Trinajstić information content (AvgIpc) is 3.24. The summed E-state index contributed by atoms with van der Waals surface area (Å²) in [4.78, 5) is 20.4. The zero-order chi connectivity index (χ0) is 26.0. The Morgan fingerprint density at radius 1 is 1.42 bits per heavy atom. The van der Waals surface area contributed by atoms with Crippen LogP contribution in [0, 0.1) is 0 Å². The summed E-state index contributed by atoms with van der Waals surface area (Å²) < 4.78 is 21.7. The first-order valence-electron chi connectivity index (χ1n) is 11.9. The van der Waals surface area contributed by atoms with Gasteiger partial charge in [0.1, 0.15) is 6.10 Å². The van der Waals surface area contributed by atoms with Crippen molar-refractivity contribution in [2.24, 2.45) is 5.73 Å². The minimum atomic E-state index is -1.14. The summed E-state index contributed by atoms with van der Waals surface area (Å²) in [6.07, 6.45) is 4.66. The van der Waals surface area contributed by atoms with E-state index in [0.717, 1.165) is 24.5 Å². The van der Waals surface area contributed by atoms with Gasteiger partial charge in [-0.1, -0.05) is 31.5 Å². The minimum absolute atomic E-state index is 0.0554. The number of amides is 1. The highest BCUT2D eigenvalue weighted by Crippen LogP contribution is 2.26. The van der Waals surface area contributed by atoms with Crippen molar-refractivity contribution in [2.75, 3.05) is 11.9 Å². The molecule has 1 fully saturated rings. The highest BCUT2D eigenvalue weighted by atomic mass is 35.5. The fourth-order valence-electron chi connectivity index (χ4n) is 4.05. The molecule has 0 spiro atoms. The molecule has 1 atom stereocenters. The molecule has 1 aliphatic rings. The summed E-state index contributed by atoms with van der Waals surface area (Å²) in [6, 6.07) is 5.17. The quantitative estimate of drug-likeness (QED) is 0.384. The van der Waals surface area contributed by atoms with Gasteiger partial charge in [-0.3, -0.25) is 4.79 Å². The van der Waals surface area contributed by atoms with Gasteiger partial charge in [0, 0.05) is 29.2 Å². The van der Waals surface area contributed by atoms with Crippen LogP contribution in [0.2, 0.25) is 5.02 Å². The molecule has 36 heavy (non-hydrogen) atoms. The maximum Gasteiger partial charge on any atom is 0.322 e. The minimum Gasteiger partial charge on any atom is -0.459 e. The number of primary amides is 1. The molecule has 0 aliphatic carbocycles. The molecular formula is C25H31ClFN7O2. The lowest BCUT2D eigenvalue weighted by atomic mass is 9.92. The third-order valence-electron chi connectivity index (χ3n) is 6.23. The topological polar surface area (TPSA) is 119 Å². The van der Waals surface area contributed by atoms with Crippen LogP contribution < -0.4 is 21.1 Å². The molecule has 1 unspecified atom stereocenters. The number of nitrogens with two attached hydrogens (primary N) is 1. The molecule has 1 aliphatic heterocycles. The van der Waals surface area contributed by atoms with Gasteiger partial charge in [-0.05, 0) is 61.9 Å². The number of rotatable bonds is 8. The number of benzene rings is 1. The van der Waals surface area contributed by atoms with Gasteiger partial charge in [0.05, 0.1) is 6.20 Å². The second-order valence-electron chi connectivity index (χ2n) is 9.92. The van der Waals surface area contributed by atoms with Crippen LogP contribution in [0.5, 0.6) is 6.01 Å². The van der Waals surface area contributed by atoms with Crippen molar-refractivity contribution < 1.29 is 13.9 Å². The lowest BCUT2D eigenvalue weighted by molar-refractivity contribution is -0.115. The van der Waals surface area contributed by atoms with Crippen LogP contribution in [0.3, 0.4) is 0 Å². The Labute approximate surface area is 214 Å². The van der Waals surface area contributed by atoms with E-state index >= 15 is 0 Å². The first-order chi connectivity index (χ1) is 17.0. The van der Waals surface area contributed by atoms with Crippen LogP contribution in [-0.4, -0.2) is 43.7 Å². The Kier molecular flexibility index (Phi) is 7.46. The van der Waals surface area contributed by atoms with Gasteiger partial charge >= 0.3 is 6.01 Å². The van der Waals surface area contributed by atoms with Gasteiger partial charge in [0.15, 0.2) is 11.5 Å². The first kappa shape index (κ1) is 25.8. The fraction of sp³-hybridized carbons (Fsp3) is 0.440. The normalized spacial score (nSPS) is 18.0. The van der Waals surface area contributed by atoms with Gasteiger partial charge in [-0.25, -0.2) is 4.39 Å². The van der Waals surface area contributed by atoms with Crippen molar-refractivity contribution in [2.45, 2.75) is 64.6 Å². The van der Waals surface area contributed by atoms with Crippen LogP contribution in [-0.2, 0) is 11.3 Å². The second-order valence-corrected chi connectivity index (χ2v) is 10.4. The van der Waals surface area contributed by atoms with Crippen molar-refractivity contribution in [3.8, 4) is 6.01 Å². The maximum absolute atomic E-state index is 13.9. The smallest absolute Gasteiger partial charge is 0.322 e. The Balaban J connectivity index is 1.65. The molecule has 3 heterocycles. The van der Waals surface area contributed by atoms with E-state index in [1.54, 1.807) is 28.9 Å². The Hall–Kier alpha value is -3.24. The zero-order valence-electron chi connectivity index (χ0n) is 20.8. The van der Waals surface area contributed by atoms with Crippen molar-refractivity contribution >= 4 is 35.2 Å². The van der Waals surface area contributed by atoms with E-state index in [-0.39, 0.29) is 30.1 Å². The number of hydrogen-bond acceptors (Lipinski definition) is 7. The van der Waals surface area contributed by atoms with E-state index in [2.05, 4.69) is 53.4 Å². The van der Waals surface area contributed by atoms with Crippen LogP contribution in [0.15, 0.2) is 30.2 Å². The van der Waals surface area contributed by atoms with E-state index in [1.165, 1.54) is 0 Å². The maximum atomic E-state index is 13.9. The lowest BCUT2D eigenvalue weighted by Gasteiger charge is -2.35. The molecule has 192 valence electrons. The standard InChI is InChI=1S/C25H31ClFN7O2/c1-14(2)19-13-31-34-22(19)32-24(36-18-7-8-25(3,4)30-12-18)33-23(34)29-11-16-9-17(26)6-5-15(16)10-20(27)21(28)35/h5-6,9-10,13-14,18,30H,7-8,11-12H2,1-4H3,(H2,28,35)(H,29,32,33). The van der Waals surface area contributed by atoms with Crippen molar-refractivity contribution in [3.63, 3.8) is 0 Å². The molecule has 1 saturated heterocycles. The van der Waals surface area contributed by atoms with Gasteiger partial charge in [0.25, 0.3) is 5.91 Å². The molecule has 3 aromatic rings. The SMILES string of the molecule is CC(C)c1cnn2c(NCc3cc(Cl)ccc3C=C(F)C(N)=O)nc(OC3CCC(C)(C)NC3)nc12. The molecule has 2 aromatic heterocycles. The molecule has 0 bridgehead atoms. The van der Waals surface area contributed by atoms with E-state index in [4.69, 9.17) is 22.1 Å².